The molecule has 0 bridgehead atoms. The third-order valence-electron chi connectivity index (χ3n) is 7.24. The molecule has 1 unspecified atom stereocenters. The fraction of sp³-hybridized carbons (Fsp3) is 0.440. The van der Waals surface area contributed by atoms with Gasteiger partial charge < -0.3 is 4.90 Å². The number of aromatic amines is 1. The van der Waals surface area contributed by atoms with Gasteiger partial charge in [0.1, 0.15) is 0 Å². The number of nitrogens with zero attached hydrogens (tertiary/aromatic N) is 2. The van der Waals surface area contributed by atoms with E-state index in [2.05, 4.69) is 9.88 Å². The van der Waals surface area contributed by atoms with E-state index in [1.165, 1.54) is 23.5 Å². The molecular weight excluding hydrogens is 463 g/mol. The molecule has 1 N–H and O–H groups in total. The van der Waals surface area contributed by atoms with E-state index in [9.17, 15) is 22.8 Å². The van der Waals surface area contributed by atoms with E-state index in [0.717, 1.165) is 54.9 Å². The number of unbranched alkanes of at least 4 members (excludes halogenated alkanes) is 1. The lowest BCUT2D eigenvalue weighted by molar-refractivity contribution is -0.137. The molecule has 2 atom stereocenters. The molecule has 2 aromatic heterocycles. The molecular formula is C25H26F3N3O2S. The van der Waals surface area contributed by atoms with Gasteiger partial charge in [-0.3, -0.25) is 14.3 Å². The predicted octanol–water partition coefficient (Wildman–Crippen LogP) is 4.65. The molecule has 1 aliphatic carbocycles. The quantitative estimate of drug-likeness (QED) is 0.492. The van der Waals surface area contributed by atoms with Gasteiger partial charge in [0.2, 0.25) is 0 Å². The topological polar surface area (TPSA) is 58.1 Å². The number of nitrogens with one attached hydrogen (secondary N) is 1. The number of fused-ring (bicyclic) bond motifs is 1. The average molecular weight is 490 g/mol. The van der Waals surface area contributed by atoms with Crippen molar-refractivity contribution in [2.24, 2.45) is 5.92 Å². The van der Waals surface area contributed by atoms with Crippen LogP contribution in [-0.2, 0) is 18.1 Å². The monoisotopic (exact) mass is 489 g/mol. The van der Waals surface area contributed by atoms with Crippen molar-refractivity contribution < 1.29 is 13.2 Å². The van der Waals surface area contributed by atoms with Crippen LogP contribution in [0.4, 0.5) is 13.2 Å². The van der Waals surface area contributed by atoms with Crippen molar-refractivity contribution >= 4 is 11.3 Å². The summed E-state index contributed by atoms with van der Waals surface area (Å²) in [5.41, 5.74) is 1.16. The van der Waals surface area contributed by atoms with Gasteiger partial charge in [0.05, 0.1) is 11.1 Å². The standard InChI is InChI=1S/C25H26F3N3O2S/c1-16-8-11-34-21(16)20-14-31(23(33)29-22(20)32)10-3-2-9-30-13-19-12-24(19,15-30)17-4-6-18(7-5-17)25(26,27)28/h4-8,11,14,19H,2-3,9-10,12-13,15H2,1H3,(H,29,32,33)/t19?,24-/m1/s1. The zero-order valence-corrected chi connectivity index (χ0v) is 19.6. The summed E-state index contributed by atoms with van der Waals surface area (Å²) in [4.78, 5) is 30.2. The third kappa shape index (κ3) is 4.27. The van der Waals surface area contributed by atoms with Crippen molar-refractivity contribution in [1.29, 1.82) is 0 Å². The summed E-state index contributed by atoms with van der Waals surface area (Å²) >= 11 is 1.48. The number of piperidine rings is 1. The highest BCUT2D eigenvalue weighted by Crippen LogP contribution is 2.59. The van der Waals surface area contributed by atoms with E-state index in [4.69, 9.17) is 0 Å². The number of thiophene rings is 1. The largest absolute Gasteiger partial charge is 0.416 e. The maximum Gasteiger partial charge on any atom is 0.416 e. The fourth-order valence-corrected chi connectivity index (χ4v) is 6.23. The molecule has 34 heavy (non-hydrogen) atoms. The number of hydrogen-bond acceptors (Lipinski definition) is 4. The summed E-state index contributed by atoms with van der Waals surface area (Å²) < 4.78 is 40.2. The van der Waals surface area contributed by atoms with Crippen LogP contribution in [0, 0.1) is 12.8 Å². The molecule has 2 aliphatic rings. The van der Waals surface area contributed by atoms with Crippen LogP contribution in [0.25, 0.3) is 10.4 Å². The highest BCUT2D eigenvalue weighted by molar-refractivity contribution is 7.13. The lowest BCUT2D eigenvalue weighted by Crippen LogP contribution is -2.31. The molecule has 3 heterocycles. The number of alkyl halides is 3. The van der Waals surface area contributed by atoms with Gasteiger partial charge in [0, 0.05) is 36.1 Å². The Morgan fingerprint density at radius 3 is 2.53 bits per heavy atom. The number of rotatable bonds is 7. The summed E-state index contributed by atoms with van der Waals surface area (Å²) in [7, 11) is 0. The Morgan fingerprint density at radius 1 is 1.12 bits per heavy atom. The Kier molecular flexibility index (Phi) is 5.80. The van der Waals surface area contributed by atoms with Crippen LogP contribution in [0.1, 0.15) is 36.0 Å². The lowest BCUT2D eigenvalue weighted by Gasteiger charge is -2.21. The number of halogens is 3. The summed E-state index contributed by atoms with van der Waals surface area (Å²) in [5, 5.41) is 1.93. The van der Waals surface area contributed by atoms with Crippen LogP contribution >= 0.6 is 11.3 Å². The first-order valence-electron chi connectivity index (χ1n) is 11.5. The number of hydrogen-bond donors (Lipinski definition) is 1. The van der Waals surface area contributed by atoms with E-state index >= 15 is 0 Å². The predicted molar refractivity (Wildman–Crippen MR) is 126 cm³/mol. The summed E-state index contributed by atoms with van der Waals surface area (Å²) in [6.07, 6.45) is 0.0765. The van der Waals surface area contributed by atoms with Gasteiger partial charge in [-0.15, -0.1) is 11.3 Å². The minimum atomic E-state index is -4.31. The number of aryl methyl sites for hydroxylation is 2. The van der Waals surface area contributed by atoms with Crippen molar-refractivity contribution in [1.82, 2.24) is 14.5 Å². The summed E-state index contributed by atoms with van der Waals surface area (Å²) in [6, 6.07) is 7.61. The van der Waals surface area contributed by atoms with Gasteiger partial charge in [-0.1, -0.05) is 12.1 Å². The maximum atomic E-state index is 12.9. The molecule has 1 saturated carbocycles. The molecule has 1 aromatic carbocycles. The van der Waals surface area contributed by atoms with Crippen LogP contribution < -0.4 is 11.2 Å². The zero-order valence-electron chi connectivity index (χ0n) is 18.8. The number of aromatic nitrogens is 2. The van der Waals surface area contributed by atoms with E-state index in [-0.39, 0.29) is 11.0 Å². The minimum Gasteiger partial charge on any atom is -0.302 e. The van der Waals surface area contributed by atoms with Gasteiger partial charge in [-0.25, -0.2) is 4.79 Å². The second-order valence-electron chi connectivity index (χ2n) is 9.50. The third-order valence-corrected chi connectivity index (χ3v) is 8.29. The van der Waals surface area contributed by atoms with Gasteiger partial charge in [-0.2, -0.15) is 13.2 Å². The van der Waals surface area contributed by atoms with Gasteiger partial charge >= 0.3 is 11.9 Å². The maximum absolute atomic E-state index is 12.9. The molecule has 0 amide bonds. The first-order valence-corrected chi connectivity index (χ1v) is 12.3. The SMILES string of the molecule is Cc1ccsc1-c1cn(CCCCN2CC3C[C@]3(c3ccc(C(F)(F)F)cc3)C2)c(=O)[nH]c1=O. The molecule has 2 fully saturated rings. The number of H-pyrrole nitrogens is 1. The molecule has 0 radical (unpaired) electrons. The Bertz CT molecular complexity index is 1310. The molecule has 3 aromatic rings. The van der Waals surface area contributed by atoms with Crippen LogP contribution in [0.15, 0.2) is 51.5 Å². The average Bonchev–Trinajstić information content (AvgIpc) is 3.10. The Hall–Kier alpha value is -2.65. The summed E-state index contributed by atoms with van der Waals surface area (Å²) in [5.74, 6) is 0.502. The van der Waals surface area contributed by atoms with E-state index in [0.29, 0.717) is 18.0 Å². The highest BCUT2D eigenvalue weighted by atomic mass is 32.1. The van der Waals surface area contributed by atoms with Gasteiger partial charge in [0.25, 0.3) is 5.56 Å². The molecule has 9 heteroatoms. The van der Waals surface area contributed by atoms with Gasteiger partial charge in [-0.05, 0) is 73.4 Å². The van der Waals surface area contributed by atoms with Crippen molar-refractivity contribution in [3.05, 3.63) is 79.4 Å². The van der Waals surface area contributed by atoms with Crippen LogP contribution in [0.2, 0.25) is 0 Å². The molecule has 1 saturated heterocycles. The molecule has 1 aliphatic heterocycles. The number of benzene rings is 1. The normalized spacial score (nSPS) is 22.2. The van der Waals surface area contributed by atoms with Crippen molar-refractivity contribution in [2.45, 2.75) is 44.3 Å². The first-order chi connectivity index (χ1) is 16.2. The fourth-order valence-electron chi connectivity index (χ4n) is 5.30. The van der Waals surface area contributed by atoms with Crippen LogP contribution in [0.3, 0.4) is 0 Å². The van der Waals surface area contributed by atoms with Crippen molar-refractivity contribution in [3.8, 4) is 10.4 Å². The second kappa shape index (κ2) is 8.53. The molecule has 0 spiro atoms. The molecule has 5 nitrogen and oxygen atoms in total. The molecule has 5 rings (SSSR count). The van der Waals surface area contributed by atoms with Crippen LogP contribution in [-0.4, -0.2) is 34.1 Å². The Balaban J connectivity index is 1.17. The first kappa shape index (κ1) is 23.1. The smallest absolute Gasteiger partial charge is 0.302 e. The Labute approximate surface area is 198 Å². The van der Waals surface area contributed by atoms with Crippen molar-refractivity contribution in [2.75, 3.05) is 19.6 Å². The van der Waals surface area contributed by atoms with Crippen LogP contribution in [0.5, 0.6) is 0 Å². The zero-order chi connectivity index (χ0) is 24.1. The van der Waals surface area contributed by atoms with E-state index in [1.807, 2.05) is 18.4 Å². The summed E-state index contributed by atoms with van der Waals surface area (Å²) in [6.45, 7) is 5.17. The molecule has 180 valence electrons. The van der Waals surface area contributed by atoms with E-state index < -0.39 is 17.4 Å². The lowest BCUT2D eigenvalue weighted by atomic mass is 9.94. The number of likely N-dealkylation sites (tertiary alicyclic amines) is 1. The Morgan fingerprint density at radius 2 is 1.85 bits per heavy atom. The van der Waals surface area contributed by atoms with E-state index in [1.54, 1.807) is 22.9 Å². The highest BCUT2D eigenvalue weighted by Gasteiger charge is 2.60. The van der Waals surface area contributed by atoms with Gasteiger partial charge in [0.15, 0.2) is 0 Å². The second-order valence-corrected chi connectivity index (χ2v) is 10.4. The van der Waals surface area contributed by atoms with Crippen molar-refractivity contribution in [3.63, 3.8) is 0 Å². The minimum absolute atomic E-state index is 0.00650.